The Bertz CT molecular complexity index is 890. The summed E-state index contributed by atoms with van der Waals surface area (Å²) in [6, 6.07) is 8.92. The maximum Gasteiger partial charge on any atom is 0.417 e. The lowest BCUT2D eigenvalue weighted by Gasteiger charge is -2.07. The van der Waals surface area contributed by atoms with Crippen LogP contribution in [0.4, 0.5) is 13.2 Å². The summed E-state index contributed by atoms with van der Waals surface area (Å²) in [5.74, 6) is -0.0480. The van der Waals surface area contributed by atoms with E-state index in [-0.39, 0.29) is 0 Å². The molecule has 3 aromatic rings. The molecule has 2 heterocycles. The highest BCUT2D eigenvalue weighted by molar-refractivity contribution is 7.98. The van der Waals surface area contributed by atoms with Crippen LogP contribution in [0.1, 0.15) is 21.5 Å². The van der Waals surface area contributed by atoms with Crippen LogP contribution in [0.15, 0.2) is 47.8 Å². The smallest absolute Gasteiger partial charge is 0.366 e. The van der Waals surface area contributed by atoms with Crippen molar-refractivity contribution in [1.82, 2.24) is 14.6 Å². The molecule has 2 N–H and O–H groups in total. The predicted octanol–water partition coefficient (Wildman–Crippen LogP) is 3.14. The Labute approximate surface area is 138 Å². The number of benzene rings is 1. The van der Waals surface area contributed by atoms with Gasteiger partial charge in [-0.2, -0.15) is 13.2 Å². The van der Waals surface area contributed by atoms with E-state index in [0.717, 1.165) is 17.8 Å². The van der Waals surface area contributed by atoms with Gasteiger partial charge < -0.3 is 5.73 Å². The van der Waals surface area contributed by atoms with E-state index in [1.807, 2.05) is 0 Å². The van der Waals surface area contributed by atoms with Crippen LogP contribution in [0.3, 0.4) is 0 Å². The molecule has 0 fully saturated rings. The van der Waals surface area contributed by atoms with Crippen molar-refractivity contribution in [3.63, 3.8) is 0 Å². The Morgan fingerprint density at radius 3 is 2.46 bits per heavy atom. The van der Waals surface area contributed by atoms with Gasteiger partial charge in [-0.3, -0.25) is 9.20 Å². The lowest BCUT2D eigenvalue weighted by Crippen LogP contribution is -2.10. The summed E-state index contributed by atoms with van der Waals surface area (Å²) in [7, 11) is 0. The molecular formula is C15H11F3N4OS. The number of hydrogen-bond acceptors (Lipinski definition) is 4. The number of rotatable bonds is 4. The van der Waals surface area contributed by atoms with Crippen molar-refractivity contribution in [2.45, 2.75) is 17.1 Å². The van der Waals surface area contributed by atoms with Gasteiger partial charge in [-0.1, -0.05) is 23.9 Å². The second-order valence-corrected chi connectivity index (χ2v) is 5.92. The first-order valence-electron chi connectivity index (χ1n) is 6.78. The predicted molar refractivity (Wildman–Crippen MR) is 82.5 cm³/mol. The second-order valence-electron chi connectivity index (χ2n) is 4.98. The maximum atomic E-state index is 12.8. The van der Waals surface area contributed by atoms with Gasteiger partial charge in [0.2, 0.25) is 5.91 Å². The van der Waals surface area contributed by atoms with Gasteiger partial charge in [-0.15, -0.1) is 10.2 Å². The molecule has 0 unspecified atom stereocenters. The molecule has 24 heavy (non-hydrogen) atoms. The van der Waals surface area contributed by atoms with Crippen molar-refractivity contribution in [3.05, 3.63) is 59.3 Å². The zero-order chi connectivity index (χ0) is 17.3. The van der Waals surface area contributed by atoms with E-state index >= 15 is 0 Å². The molecule has 0 atom stereocenters. The number of alkyl halides is 3. The third-order valence-corrected chi connectivity index (χ3v) is 4.32. The number of carbonyl (C=O) groups excluding carboxylic acids is 1. The summed E-state index contributed by atoms with van der Waals surface area (Å²) in [5.41, 5.74) is 6.03. The van der Waals surface area contributed by atoms with Crippen molar-refractivity contribution in [1.29, 1.82) is 0 Å². The molecule has 2 aromatic heterocycles. The summed E-state index contributed by atoms with van der Waals surface area (Å²) < 4.78 is 39.7. The number of primary amides is 1. The van der Waals surface area contributed by atoms with Crippen LogP contribution in [0.5, 0.6) is 0 Å². The number of amides is 1. The van der Waals surface area contributed by atoms with Crippen molar-refractivity contribution in [2.75, 3.05) is 0 Å². The van der Waals surface area contributed by atoms with E-state index in [2.05, 4.69) is 10.2 Å². The zero-order valence-electron chi connectivity index (χ0n) is 12.1. The first-order valence-corrected chi connectivity index (χ1v) is 7.77. The van der Waals surface area contributed by atoms with Crippen LogP contribution in [0, 0.1) is 0 Å². The highest BCUT2D eigenvalue weighted by Crippen LogP contribution is 2.30. The van der Waals surface area contributed by atoms with Gasteiger partial charge >= 0.3 is 6.18 Å². The Morgan fingerprint density at radius 2 is 1.83 bits per heavy atom. The van der Waals surface area contributed by atoms with E-state index < -0.39 is 17.6 Å². The molecule has 0 spiro atoms. The monoisotopic (exact) mass is 352 g/mol. The number of hydrogen-bond donors (Lipinski definition) is 1. The number of pyridine rings is 1. The van der Waals surface area contributed by atoms with Crippen LogP contribution in [0.25, 0.3) is 5.65 Å². The molecule has 1 aromatic carbocycles. The first-order chi connectivity index (χ1) is 11.3. The quantitative estimate of drug-likeness (QED) is 0.732. The van der Waals surface area contributed by atoms with Gasteiger partial charge in [-0.25, -0.2) is 0 Å². The Kier molecular flexibility index (Phi) is 4.18. The molecule has 0 saturated heterocycles. The van der Waals surface area contributed by atoms with Crippen LogP contribution in [0.2, 0.25) is 0 Å². The molecular weight excluding hydrogens is 341 g/mol. The molecule has 5 nitrogen and oxygen atoms in total. The van der Waals surface area contributed by atoms with E-state index in [1.165, 1.54) is 22.2 Å². The highest BCUT2D eigenvalue weighted by atomic mass is 32.2. The molecule has 0 aliphatic heterocycles. The summed E-state index contributed by atoms with van der Waals surface area (Å²) in [6.45, 7) is 0. The number of carbonyl (C=O) groups is 1. The number of thioether (sulfide) groups is 1. The average molecular weight is 352 g/mol. The lowest BCUT2D eigenvalue weighted by molar-refractivity contribution is -0.137. The maximum absolute atomic E-state index is 12.8. The number of fused-ring (bicyclic) bond motifs is 1. The van der Waals surface area contributed by atoms with Crippen LogP contribution in [-0.2, 0) is 11.9 Å². The van der Waals surface area contributed by atoms with E-state index in [1.54, 1.807) is 24.3 Å². The molecule has 0 saturated carbocycles. The first kappa shape index (κ1) is 16.3. The molecule has 0 radical (unpaired) electrons. The average Bonchev–Trinajstić information content (AvgIpc) is 2.95. The minimum Gasteiger partial charge on any atom is -0.366 e. The minimum atomic E-state index is -4.43. The fourth-order valence-corrected chi connectivity index (χ4v) is 2.92. The fraction of sp³-hybridized carbons (Fsp3) is 0.133. The van der Waals surface area contributed by atoms with Gasteiger partial charge in [-0.05, 0) is 29.8 Å². The minimum absolute atomic E-state index is 0.342. The van der Waals surface area contributed by atoms with Gasteiger partial charge in [0.15, 0.2) is 10.8 Å². The van der Waals surface area contributed by atoms with Crippen molar-refractivity contribution < 1.29 is 18.0 Å². The molecule has 124 valence electrons. The summed E-state index contributed by atoms with van der Waals surface area (Å²) in [6.07, 6.45) is -3.45. The SMILES string of the molecule is NC(=O)c1ccc(CSc2nnc3ccc(C(F)(F)F)cn23)cc1. The normalized spacial score (nSPS) is 11.8. The molecule has 0 aliphatic carbocycles. The van der Waals surface area contributed by atoms with E-state index in [9.17, 15) is 18.0 Å². The number of nitrogens with two attached hydrogens (primary N) is 1. The number of nitrogens with zero attached hydrogens (tertiary/aromatic N) is 3. The Balaban J connectivity index is 1.81. The second kappa shape index (κ2) is 6.16. The fourth-order valence-electron chi connectivity index (χ4n) is 2.05. The van der Waals surface area contributed by atoms with E-state index in [0.29, 0.717) is 22.1 Å². The van der Waals surface area contributed by atoms with Gasteiger partial charge in [0.1, 0.15) is 0 Å². The summed E-state index contributed by atoms with van der Waals surface area (Å²) in [5, 5.41) is 8.13. The molecule has 0 bridgehead atoms. The van der Waals surface area contributed by atoms with E-state index in [4.69, 9.17) is 5.73 Å². The third-order valence-electron chi connectivity index (χ3n) is 3.30. The molecule has 0 aliphatic rings. The number of aromatic nitrogens is 3. The zero-order valence-corrected chi connectivity index (χ0v) is 12.9. The lowest BCUT2D eigenvalue weighted by atomic mass is 10.1. The van der Waals surface area contributed by atoms with Crippen LogP contribution in [-0.4, -0.2) is 20.5 Å². The van der Waals surface area contributed by atoms with Gasteiger partial charge in [0.05, 0.1) is 5.56 Å². The highest BCUT2D eigenvalue weighted by Gasteiger charge is 2.31. The Morgan fingerprint density at radius 1 is 1.12 bits per heavy atom. The van der Waals surface area contributed by atoms with Crippen molar-refractivity contribution in [3.8, 4) is 0 Å². The molecule has 1 amide bonds. The van der Waals surface area contributed by atoms with Crippen LogP contribution < -0.4 is 5.73 Å². The van der Waals surface area contributed by atoms with Crippen LogP contribution >= 0.6 is 11.8 Å². The molecule has 9 heteroatoms. The Hall–Kier alpha value is -2.55. The van der Waals surface area contributed by atoms with Crippen molar-refractivity contribution >= 4 is 23.3 Å². The number of halogens is 3. The summed E-state index contributed by atoms with van der Waals surface area (Å²) in [4.78, 5) is 11.0. The van der Waals surface area contributed by atoms with Gasteiger partial charge in [0, 0.05) is 17.5 Å². The largest absolute Gasteiger partial charge is 0.417 e. The van der Waals surface area contributed by atoms with Crippen molar-refractivity contribution in [2.24, 2.45) is 5.73 Å². The third kappa shape index (κ3) is 3.35. The summed E-state index contributed by atoms with van der Waals surface area (Å²) >= 11 is 1.25. The molecule has 3 rings (SSSR count). The topological polar surface area (TPSA) is 73.3 Å². The standard InChI is InChI=1S/C15H11F3N4OS/c16-15(17,18)11-5-6-12-20-21-14(22(12)7-11)24-8-9-1-3-10(4-2-9)13(19)23/h1-7H,8H2,(H2,19,23). The van der Waals surface area contributed by atoms with Gasteiger partial charge in [0.25, 0.3) is 0 Å².